The quantitative estimate of drug-likeness (QED) is 0.576. The van der Waals surface area contributed by atoms with Gasteiger partial charge in [-0.15, -0.1) is 5.10 Å². The van der Waals surface area contributed by atoms with Crippen molar-refractivity contribution in [1.82, 2.24) is 9.78 Å². The molecule has 78 valence electrons. The van der Waals surface area contributed by atoms with Crippen LogP contribution in [0.1, 0.15) is 20.3 Å². The molecule has 0 radical (unpaired) electrons. The minimum absolute atomic E-state index is 0.0419. The molecule has 0 atom stereocenters. The zero-order chi connectivity index (χ0) is 10.6. The Hall–Kier alpha value is -1.59. The third-order valence-electron chi connectivity index (χ3n) is 1.81. The molecule has 0 aliphatic heterocycles. The maximum Gasteiger partial charge on any atom is 0.330 e. The fraction of sp³-hybridized carbons (Fsp3) is 0.625. The topological polar surface area (TPSA) is 73.0 Å². The van der Waals surface area contributed by atoms with E-state index in [0.717, 1.165) is 6.42 Å². The van der Waals surface area contributed by atoms with Gasteiger partial charge in [0.2, 0.25) is 5.82 Å². The van der Waals surface area contributed by atoms with Gasteiger partial charge in [-0.2, -0.15) is 0 Å². The number of hydrogen-bond acceptors (Lipinski definition) is 4. The van der Waals surface area contributed by atoms with Crippen molar-refractivity contribution in [3.63, 3.8) is 0 Å². The number of nitrogens with zero attached hydrogens (tertiary/aromatic N) is 3. The average molecular weight is 198 g/mol. The van der Waals surface area contributed by atoms with Gasteiger partial charge < -0.3 is 5.32 Å². The molecule has 0 aromatic carbocycles. The van der Waals surface area contributed by atoms with Crippen molar-refractivity contribution in [2.75, 3.05) is 11.9 Å². The normalized spacial score (nSPS) is 10.1. The summed E-state index contributed by atoms with van der Waals surface area (Å²) in [6.45, 7) is 5.21. The maximum atomic E-state index is 10.6. The van der Waals surface area contributed by atoms with E-state index in [-0.39, 0.29) is 5.69 Å². The second-order valence-electron chi connectivity index (χ2n) is 2.90. The van der Waals surface area contributed by atoms with Crippen molar-refractivity contribution in [2.24, 2.45) is 0 Å². The maximum absolute atomic E-state index is 10.6. The first-order valence-corrected chi connectivity index (χ1v) is 4.64. The van der Waals surface area contributed by atoms with Crippen molar-refractivity contribution in [3.8, 4) is 0 Å². The van der Waals surface area contributed by atoms with Crippen LogP contribution in [-0.4, -0.2) is 21.2 Å². The Labute approximate surface area is 82.1 Å². The van der Waals surface area contributed by atoms with E-state index in [2.05, 4.69) is 10.4 Å². The van der Waals surface area contributed by atoms with E-state index >= 15 is 0 Å². The van der Waals surface area contributed by atoms with Crippen LogP contribution in [0.5, 0.6) is 0 Å². The Morgan fingerprint density at radius 3 is 2.86 bits per heavy atom. The molecule has 1 aromatic heterocycles. The van der Waals surface area contributed by atoms with Crippen LogP contribution in [0.15, 0.2) is 6.20 Å². The zero-order valence-electron chi connectivity index (χ0n) is 8.36. The second-order valence-corrected chi connectivity index (χ2v) is 2.90. The Morgan fingerprint density at radius 1 is 1.64 bits per heavy atom. The molecular weight excluding hydrogens is 184 g/mol. The summed E-state index contributed by atoms with van der Waals surface area (Å²) in [6.07, 6.45) is 2.36. The van der Waals surface area contributed by atoms with Crippen LogP contribution in [0, 0.1) is 10.1 Å². The van der Waals surface area contributed by atoms with Crippen molar-refractivity contribution in [2.45, 2.75) is 26.8 Å². The Kier molecular flexibility index (Phi) is 3.44. The predicted octanol–water partition coefficient (Wildman–Crippen LogP) is 1.63. The molecule has 0 bridgehead atoms. The number of aryl methyl sites for hydroxylation is 1. The number of nitro groups is 1. The number of anilines is 1. The highest BCUT2D eigenvalue weighted by Gasteiger charge is 2.17. The molecule has 0 unspecified atom stereocenters. The summed E-state index contributed by atoms with van der Waals surface area (Å²) >= 11 is 0. The number of hydrogen-bond donors (Lipinski definition) is 1. The summed E-state index contributed by atoms with van der Waals surface area (Å²) in [7, 11) is 0. The molecular formula is C8H14N4O2. The van der Waals surface area contributed by atoms with Crippen molar-refractivity contribution < 1.29 is 4.92 Å². The van der Waals surface area contributed by atoms with Gasteiger partial charge >= 0.3 is 5.69 Å². The smallest absolute Gasteiger partial charge is 0.330 e. The fourth-order valence-electron chi connectivity index (χ4n) is 1.08. The first kappa shape index (κ1) is 10.5. The van der Waals surface area contributed by atoms with Crippen LogP contribution in [0.2, 0.25) is 0 Å². The summed E-state index contributed by atoms with van der Waals surface area (Å²) in [5.74, 6) is 0.360. The molecule has 0 amide bonds. The van der Waals surface area contributed by atoms with Gasteiger partial charge in [-0.25, -0.2) is 0 Å². The van der Waals surface area contributed by atoms with E-state index in [9.17, 15) is 10.1 Å². The predicted molar refractivity (Wildman–Crippen MR) is 53.3 cm³/mol. The lowest BCUT2D eigenvalue weighted by atomic mass is 10.4. The molecule has 0 spiro atoms. The monoisotopic (exact) mass is 198 g/mol. The van der Waals surface area contributed by atoms with E-state index in [4.69, 9.17) is 0 Å². The third-order valence-corrected chi connectivity index (χ3v) is 1.81. The standard InChI is InChI=1S/C8H14N4O2/c1-3-5-9-8-7(12(13)14)6-11(4-2)10-8/h6H,3-5H2,1-2H3,(H,9,10). The van der Waals surface area contributed by atoms with E-state index in [0.29, 0.717) is 18.9 Å². The Bertz CT molecular complexity index is 321. The molecule has 6 heteroatoms. The zero-order valence-corrected chi connectivity index (χ0v) is 8.36. The third kappa shape index (κ3) is 2.21. The van der Waals surface area contributed by atoms with Crippen LogP contribution in [0.4, 0.5) is 11.5 Å². The number of rotatable bonds is 5. The first-order valence-electron chi connectivity index (χ1n) is 4.64. The van der Waals surface area contributed by atoms with Crippen LogP contribution in [-0.2, 0) is 6.54 Å². The van der Waals surface area contributed by atoms with Crippen LogP contribution in [0.25, 0.3) is 0 Å². The Morgan fingerprint density at radius 2 is 2.36 bits per heavy atom. The van der Waals surface area contributed by atoms with Gasteiger partial charge in [-0.05, 0) is 13.3 Å². The molecule has 1 aromatic rings. The van der Waals surface area contributed by atoms with Crippen LogP contribution >= 0.6 is 0 Å². The van der Waals surface area contributed by atoms with Gasteiger partial charge in [0.15, 0.2) is 0 Å². The molecule has 6 nitrogen and oxygen atoms in total. The molecule has 0 fully saturated rings. The van der Waals surface area contributed by atoms with Gasteiger partial charge in [0.1, 0.15) is 6.20 Å². The van der Waals surface area contributed by atoms with E-state index in [1.807, 2.05) is 13.8 Å². The molecule has 0 saturated heterocycles. The Balaban J connectivity index is 2.88. The number of aromatic nitrogens is 2. The average Bonchev–Trinajstić information content (AvgIpc) is 2.58. The highest BCUT2D eigenvalue weighted by Crippen LogP contribution is 2.21. The van der Waals surface area contributed by atoms with Crippen molar-refractivity contribution in [1.29, 1.82) is 0 Å². The lowest BCUT2D eigenvalue weighted by molar-refractivity contribution is -0.384. The fourth-order valence-corrected chi connectivity index (χ4v) is 1.08. The van der Waals surface area contributed by atoms with Crippen molar-refractivity contribution >= 4 is 11.5 Å². The van der Waals surface area contributed by atoms with Gasteiger partial charge in [0, 0.05) is 13.1 Å². The summed E-state index contributed by atoms with van der Waals surface area (Å²) in [6, 6.07) is 0. The molecule has 0 aliphatic rings. The minimum Gasteiger partial charge on any atom is -0.363 e. The largest absolute Gasteiger partial charge is 0.363 e. The van der Waals surface area contributed by atoms with Crippen LogP contribution in [0.3, 0.4) is 0 Å². The summed E-state index contributed by atoms with van der Waals surface area (Å²) in [5, 5.41) is 17.6. The molecule has 1 N–H and O–H groups in total. The van der Waals surface area contributed by atoms with Gasteiger partial charge in [0.25, 0.3) is 0 Å². The van der Waals surface area contributed by atoms with E-state index in [1.165, 1.54) is 6.20 Å². The van der Waals surface area contributed by atoms with Gasteiger partial charge in [-0.3, -0.25) is 14.8 Å². The van der Waals surface area contributed by atoms with E-state index < -0.39 is 4.92 Å². The summed E-state index contributed by atoms with van der Waals surface area (Å²) in [4.78, 5) is 10.2. The number of nitrogens with one attached hydrogen (secondary N) is 1. The lowest BCUT2D eigenvalue weighted by Gasteiger charge is -1.98. The minimum atomic E-state index is -0.419. The summed E-state index contributed by atoms with van der Waals surface area (Å²) < 4.78 is 1.55. The van der Waals surface area contributed by atoms with Crippen LogP contribution < -0.4 is 5.32 Å². The first-order chi connectivity index (χ1) is 6.69. The highest BCUT2D eigenvalue weighted by atomic mass is 16.6. The lowest BCUT2D eigenvalue weighted by Crippen LogP contribution is -2.03. The SMILES string of the molecule is CCCNc1nn(CC)cc1[N+](=O)[O-]. The summed E-state index contributed by atoms with van der Waals surface area (Å²) in [5.41, 5.74) is 0.0419. The molecule has 1 heterocycles. The molecule has 0 aliphatic carbocycles. The van der Waals surface area contributed by atoms with E-state index in [1.54, 1.807) is 4.68 Å². The molecule has 14 heavy (non-hydrogen) atoms. The second kappa shape index (κ2) is 4.59. The molecule has 0 saturated carbocycles. The highest BCUT2D eigenvalue weighted by molar-refractivity contribution is 5.54. The van der Waals surface area contributed by atoms with Gasteiger partial charge in [0.05, 0.1) is 4.92 Å². The molecule has 1 rings (SSSR count). The van der Waals surface area contributed by atoms with Gasteiger partial charge in [-0.1, -0.05) is 6.92 Å². The van der Waals surface area contributed by atoms with Crippen molar-refractivity contribution in [3.05, 3.63) is 16.3 Å².